The number of rotatable bonds is 6. The van der Waals surface area contributed by atoms with Gasteiger partial charge in [-0.2, -0.15) is 5.26 Å². The zero-order valence-corrected chi connectivity index (χ0v) is 14.9. The van der Waals surface area contributed by atoms with E-state index >= 15 is 0 Å². The van der Waals surface area contributed by atoms with Crippen LogP contribution in [0.1, 0.15) is 30.4 Å². The van der Waals surface area contributed by atoms with Crippen molar-refractivity contribution >= 4 is 11.8 Å². The molecule has 2 amide bonds. The summed E-state index contributed by atoms with van der Waals surface area (Å²) in [6.07, 6.45) is 1.59. The highest BCUT2D eigenvalue weighted by molar-refractivity contribution is 5.78. The van der Waals surface area contributed by atoms with E-state index in [0.29, 0.717) is 25.6 Å². The van der Waals surface area contributed by atoms with E-state index in [1.54, 1.807) is 0 Å². The van der Waals surface area contributed by atoms with Crippen LogP contribution in [0.15, 0.2) is 18.2 Å². The van der Waals surface area contributed by atoms with Gasteiger partial charge in [-0.3, -0.25) is 9.59 Å². The van der Waals surface area contributed by atoms with Gasteiger partial charge < -0.3 is 15.0 Å². The Balaban J connectivity index is 1.72. The average Bonchev–Trinajstić information content (AvgIpc) is 2.59. The monoisotopic (exact) mass is 343 g/mol. The number of nitrogens with one attached hydrogen (secondary N) is 1. The van der Waals surface area contributed by atoms with Gasteiger partial charge in [-0.25, -0.2) is 0 Å². The zero-order valence-electron chi connectivity index (χ0n) is 14.9. The molecule has 0 radical (unpaired) electrons. The average molecular weight is 343 g/mol. The normalized spacial score (nSPS) is 14.7. The first-order valence-corrected chi connectivity index (χ1v) is 8.61. The lowest BCUT2D eigenvalue weighted by Gasteiger charge is -2.32. The minimum Gasteiger partial charge on any atom is -0.484 e. The molecule has 0 unspecified atom stereocenters. The third-order valence-electron chi connectivity index (χ3n) is 4.48. The molecule has 6 nitrogen and oxygen atoms in total. The minimum absolute atomic E-state index is 0.00746. The van der Waals surface area contributed by atoms with Crippen molar-refractivity contribution in [2.75, 3.05) is 26.2 Å². The van der Waals surface area contributed by atoms with E-state index in [0.717, 1.165) is 24.2 Å². The Morgan fingerprint density at radius 2 is 2.04 bits per heavy atom. The summed E-state index contributed by atoms with van der Waals surface area (Å²) in [5.74, 6) is 0.857. The summed E-state index contributed by atoms with van der Waals surface area (Å²) in [6.45, 7) is 5.96. The van der Waals surface area contributed by atoms with Crippen molar-refractivity contribution in [1.29, 1.82) is 5.26 Å². The number of likely N-dealkylation sites (tertiary alicyclic amines) is 1. The summed E-state index contributed by atoms with van der Waals surface area (Å²) in [5, 5.41) is 11.2. The molecule has 0 spiro atoms. The predicted molar refractivity (Wildman–Crippen MR) is 94.0 cm³/mol. The summed E-state index contributed by atoms with van der Waals surface area (Å²) in [5.41, 5.74) is 2.19. The van der Waals surface area contributed by atoms with Crippen LogP contribution in [0.4, 0.5) is 0 Å². The highest BCUT2D eigenvalue weighted by Crippen LogP contribution is 2.20. The van der Waals surface area contributed by atoms with E-state index in [4.69, 9.17) is 10.00 Å². The third kappa shape index (κ3) is 5.79. The van der Waals surface area contributed by atoms with Gasteiger partial charge in [0, 0.05) is 19.6 Å². The number of carbonyl (C=O) groups is 2. The van der Waals surface area contributed by atoms with Crippen LogP contribution in [0.3, 0.4) is 0 Å². The number of carbonyl (C=O) groups excluding carboxylic acids is 2. The summed E-state index contributed by atoms with van der Waals surface area (Å²) in [7, 11) is 0. The molecule has 0 aliphatic carbocycles. The summed E-state index contributed by atoms with van der Waals surface area (Å²) >= 11 is 0. The number of amides is 2. The van der Waals surface area contributed by atoms with Crippen LogP contribution in [-0.2, 0) is 9.59 Å². The third-order valence-corrected chi connectivity index (χ3v) is 4.48. The van der Waals surface area contributed by atoms with Crippen molar-refractivity contribution in [1.82, 2.24) is 10.2 Å². The van der Waals surface area contributed by atoms with Crippen molar-refractivity contribution in [3.8, 4) is 11.8 Å². The molecular formula is C19H25N3O3. The first-order valence-electron chi connectivity index (χ1n) is 8.61. The van der Waals surface area contributed by atoms with Crippen LogP contribution in [0.2, 0.25) is 0 Å². The van der Waals surface area contributed by atoms with Gasteiger partial charge in [0.2, 0.25) is 5.91 Å². The van der Waals surface area contributed by atoms with Gasteiger partial charge in [-0.15, -0.1) is 0 Å². The van der Waals surface area contributed by atoms with Crippen LogP contribution in [0.25, 0.3) is 0 Å². The second kappa shape index (κ2) is 9.07. The molecule has 1 saturated heterocycles. The lowest BCUT2D eigenvalue weighted by atomic mass is 9.96. The first-order chi connectivity index (χ1) is 12.0. The summed E-state index contributed by atoms with van der Waals surface area (Å²) in [6, 6.07) is 7.73. The van der Waals surface area contributed by atoms with Gasteiger partial charge in [-0.1, -0.05) is 17.7 Å². The van der Waals surface area contributed by atoms with Gasteiger partial charge in [-0.05, 0) is 44.2 Å². The molecule has 0 saturated carbocycles. The topological polar surface area (TPSA) is 82.4 Å². The fraction of sp³-hybridized carbons (Fsp3) is 0.526. The molecule has 1 aromatic rings. The molecule has 2 rings (SSSR count). The number of piperidine rings is 1. The number of aryl methyl sites for hydroxylation is 2. The molecule has 134 valence electrons. The standard InChI is InChI=1S/C19H25N3O3/c1-14-3-4-17(15(2)11-14)25-13-19(24)22-9-6-16(7-10-22)12-21-18(23)5-8-20/h3-4,11,16H,5-7,9-10,12-13H2,1-2H3,(H,21,23). The summed E-state index contributed by atoms with van der Waals surface area (Å²) < 4.78 is 5.66. The number of hydrogen-bond acceptors (Lipinski definition) is 4. The number of nitriles is 1. The SMILES string of the molecule is Cc1ccc(OCC(=O)N2CCC(CNC(=O)CC#N)CC2)c(C)c1. The Kier molecular flexibility index (Phi) is 6.81. The Labute approximate surface area is 148 Å². The molecule has 1 heterocycles. The number of hydrogen-bond donors (Lipinski definition) is 1. The van der Waals surface area contributed by atoms with Crippen LogP contribution < -0.4 is 10.1 Å². The van der Waals surface area contributed by atoms with Crippen LogP contribution >= 0.6 is 0 Å². The zero-order chi connectivity index (χ0) is 18.2. The smallest absolute Gasteiger partial charge is 0.260 e. The number of ether oxygens (including phenoxy) is 1. The Morgan fingerprint density at radius 3 is 2.68 bits per heavy atom. The van der Waals surface area contributed by atoms with Gasteiger partial charge in [0.15, 0.2) is 6.61 Å². The Bertz CT molecular complexity index is 658. The maximum atomic E-state index is 12.3. The highest BCUT2D eigenvalue weighted by Gasteiger charge is 2.23. The fourth-order valence-electron chi connectivity index (χ4n) is 2.97. The maximum absolute atomic E-state index is 12.3. The van der Waals surface area contributed by atoms with Crippen molar-refractivity contribution in [3.63, 3.8) is 0 Å². The quantitative estimate of drug-likeness (QED) is 0.856. The molecule has 0 aromatic heterocycles. The van der Waals surface area contributed by atoms with Crippen molar-refractivity contribution in [2.24, 2.45) is 5.92 Å². The first kappa shape index (κ1) is 18.8. The molecule has 0 bridgehead atoms. The van der Waals surface area contributed by atoms with Gasteiger partial charge in [0.1, 0.15) is 12.2 Å². The Morgan fingerprint density at radius 1 is 1.32 bits per heavy atom. The van der Waals surface area contributed by atoms with E-state index in [1.807, 2.05) is 43.0 Å². The van der Waals surface area contributed by atoms with Crippen molar-refractivity contribution < 1.29 is 14.3 Å². The van der Waals surface area contributed by atoms with E-state index in [9.17, 15) is 9.59 Å². The second-order valence-electron chi connectivity index (χ2n) is 6.52. The fourth-order valence-corrected chi connectivity index (χ4v) is 2.97. The molecular weight excluding hydrogens is 318 g/mol. The number of nitrogens with zero attached hydrogens (tertiary/aromatic N) is 2. The largest absolute Gasteiger partial charge is 0.484 e. The van der Waals surface area contributed by atoms with Gasteiger partial charge in [0.05, 0.1) is 6.07 Å². The van der Waals surface area contributed by atoms with E-state index in [1.165, 1.54) is 5.56 Å². The second-order valence-corrected chi connectivity index (χ2v) is 6.52. The molecule has 1 aliphatic rings. The molecule has 6 heteroatoms. The van der Waals surface area contributed by atoms with E-state index < -0.39 is 0 Å². The molecule has 25 heavy (non-hydrogen) atoms. The van der Waals surface area contributed by atoms with E-state index in [2.05, 4.69) is 5.32 Å². The lowest BCUT2D eigenvalue weighted by molar-refractivity contribution is -0.135. The Hall–Kier alpha value is -2.55. The van der Waals surface area contributed by atoms with Crippen LogP contribution in [0.5, 0.6) is 5.75 Å². The van der Waals surface area contributed by atoms with Crippen molar-refractivity contribution in [2.45, 2.75) is 33.1 Å². The highest BCUT2D eigenvalue weighted by atomic mass is 16.5. The molecule has 1 aliphatic heterocycles. The molecule has 1 fully saturated rings. The molecule has 1 N–H and O–H groups in total. The maximum Gasteiger partial charge on any atom is 0.260 e. The van der Waals surface area contributed by atoms with Crippen LogP contribution in [0, 0.1) is 31.1 Å². The van der Waals surface area contributed by atoms with Crippen molar-refractivity contribution in [3.05, 3.63) is 29.3 Å². The van der Waals surface area contributed by atoms with Crippen LogP contribution in [-0.4, -0.2) is 43.0 Å². The lowest BCUT2D eigenvalue weighted by Crippen LogP contribution is -2.43. The number of benzene rings is 1. The summed E-state index contributed by atoms with van der Waals surface area (Å²) in [4.78, 5) is 25.4. The van der Waals surface area contributed by atoms with Gasteiger partial charge in [0.25, 0.3) is 5.91 Å². The minimum atomic E-state index is -0.233. The molecule has 0 atom stereocenters. The van der Waals surface area contributed by atoms with E-state index in [-0.39, 0.29) is 24.8 Å². The predicted octanol–water partition coefficient (Wildman–Crippen LogP) is 1.95. The molecule has 1 aromatic carbocycles. The van der Waals surface area contributed by atoms with Gasteiger partial charge >= 0.3 is 0 Å².